The zero-order chi connectivity index (χ0) is 21.8. The summed E-state index contributed by atoms with van der Waals surface area (Å²) >= 11 is 0. The van der Waals surface area contributed by atoms with Crippen LogP contribution in [-0.4, -0.2) is 23.6 Å². The molecule has 0 aromatic heterocycles. The van der Waals surface area contributed by atoms with Gasteiger partial charge in [0.15, 0.2) is 5.76 Å². The van der Waals surface area contributed by atoms with Gasteiger partial charge >= 0.3 is 11.9 Å². The number of para-hydroxylation sites is 1. The first kappa shape index (κ1) is 22.2. The average Bonchev–Trinajstić information content (AvgIpc) is 3.17. The van der Waals surface area contributed by atoms with Gasteiger partial charge in [-0.25, -0.2) is 4.79 Å². The molecular formula is C23H27NO5. The van der Waals surface area contributed by atoms with E-state index in [-0.39, 0.29) is 11.7 Å². The van der Waals surface area contributed by atoms with E-state index in [4.69, 9.17) is 14.2 Å². The second-order valence-electron chi connectivity index (χ2n) is 8.54. The van der Waals surface area contributed by atoms with Crippen LogP contribution in [0.4, 0.5) is 0 Å². The van der Waals surface area contributed by atoms with Crippen LogP contribution in [0.1, 0.15) is 34.6 Å². The lowest BCUT2D eigenvalue weighted by Crippen LogP contribution is -2.23. The molecule has 1 aliphatic rings. The quantitative estimate of drug-likeness (QED) is 0.390. The third-order valence-electron chi connectivity index (χ3n) is 4.65. The molecule has 1 fully saturated rings. The fourth-order valence-corrected chi connectivity index (χ4v) is 3.05. The minimum absolute atomic E-state index is 0.0337. The molecule has 6 heteroatoms. The summed E-state index contributed by atoms with van der Waals surface area (Å²) in [7, 11) is 0. The van der Waals surface area contributed by atoms with Gasteiger partial charge in [-0.05, 0) is 44.2 Å². The third-order valence-corrected chi connectivity index (χ3v) is 4.65. The van der Waals surface area contributed by atoms with Crippen LogP contribution in [0.2, 0.25) is 0 Å². The van der Waals surface area contributed by atoms with Crippen molar-refractivity contribution in [2.24, 2.45) is 17.3 Å². The van der Waals surface area contributed by atoms with Crippen molar-refractivity contribution in [2.45, 2.75) is 46.3 Å². The third kappa shape index (κ3) is 5.95. The van der Waals surface area contributed by atoms with Crippen LogP contribution in [-0.2, 0) is 19.1 Å². The first-order valence-electron chi connectivity index (χ1n) is 9.38. The second kappa shape index (κ2) is 8.52. The predicted octanol–water partition coefficient (Wildman–Crippen LogP) is 4.18. The highest BCUT2D eigenvalue weighted by Gasteiger charge is 2.61. The Labute approximate surface area is 171 Å². The van der Waals surface area contributed by atoms with Crippen LogP contribution in [0.25, 0.3) is 0 Å². The molecule has 0 aliphatic heterocycles. The summed E-state index contributed by atoms with van der Waals surface area (Å²) in [6.45, 7) is 12.9. The molecule has 29 heavy (non-hydrogen) atoms. The van der Waals surface area contributed by atoms with E-state index in [2.05, 4.69) is 6.58 Å². The lowest BCUT2D eigenvalue weighted by molar-refractivity contribution is -0.149. The summed E-state index contributed by atoms with van der Waals surface area (Å²) in [5.41, 5.74) is -0.977. The second-order valence-corrected chi connectivity index (χ2v) is 8.54. The molecule has 6 nitrogen and oxygen atoms in total. The molecule has 0 radical (unpaired) electrons. The number of nitriles is 1. The Morgan fingerprint density at radius 3 is 2.41 bits per heavy atom. The molecule has 154 valence electrons. The van der Waals surface area contributed by atoms with Gasteiger partial charge in [0.05, 0.1) is 5.92 Å². The maximum Gasteiger partial charge on any atom is 0.330 e. The minimum Gasteiger partial charge on any atom is -0.457 e. The van der Waals surface area contributed by atoms with Gasteiger partial charge < -0.3 is 14.2 Å². The van der Waals surface area contributed by atoms with Crippen LogP contribution in [0.3, 0.4) is 0 Å². The van der Waals surface area contributed by atoms with Gasteiger partial charge in [-0.1, -0.05) is 44.7 Å². The van der Waals surface area contributed by atoms with E-state index in [1.807, 2.05) is 26.0 Å². The molecule has 0 amide bonds. The Balaban J connectivity index is 1.97. The van der Waals surface area contributed by atoms with E-state index in [0.717, 1.165) is 0 Å². The number of rotatable bonds is 7. The van der Waals surface area contributed by atoms with Crippen molar-refractivity contribution < 1.29 is 23.8 Å². The largest absolute Gasteiger partial charge is 0.457 e. The zero-order valence-corrected chi connectivity index (χ0v) is 17.5. The summed E-state index contributed by atoms with van der Waals surface area (Å²) in [6.07, 6.45) is 1.77. The number of allylic oxidation sites excluding steroid dienone is 1. The number of hydrogen-bond donors (Lipinski definition) is 0. The Kier molecular flexibility index (Phi) is 6.53. The number of carbonyl (C=O) groups is 2. The minimum atomic E-state index is -1.23. The van der Waals surface area contributed by atoms with Gasteiger partial charge in [0.2, 0.25) is 6.10 Å². The molecule has 0 spiro atoms. The zero-order valence-electron chi connectivity index (χ0n) is 17.5. The maximum absolute atomic E-state index is 12.6. The highest BCUT2D eigenvalue weighted by Crippen LogP contribution is 2.59. The SMILES string of the molecule is C=C(Oc1ccccc1)C(C#N)OC(=O)[C@@H]1[C@H](C=CC(=O)OC(C)(C)C)C1(C)C. The summed E-state index contributed by atoms with van der Waals surface area (Å²) in [4.78, 5) is 24.5. The molecule has 1 aromatic carbocycles. The highest BCUT2D eigenvalue weighted by atomic mass is 16.6. The van der Waals surface area contributed by atoms with E-state index in [9.17, 15) is 14.9 Å². The molecule has 3 atom stereocenters. The number of nitrogens with zero attached hydrogens (tertiary/aromatic N) is 1. The lowest BCUT2D eigenvalue weighted by atomic mass is 10.1. The van der Waals surface area contributed by atoms with Crippen LogP contribution in [0.15, 0.2) is 54.8 Å². The van der Waals surface area contributed by atoms with Crippen LogP contribution in [0.5, 0.6) is 5.75 Å². The molecule has 0 N–H and O–H groups in total. The Hall–Kier alpha value is -3.07. The van der Waals surface area contributed by atoms with Gasteiger partial charge in [-0.2, -0.15) is 5.26 Å². The van der Waals surface area contributed by atoms with Crippen molar-refractivity contribution in [3.63, 3.8) is 0 Å². The summed E-state index contributed by atoms with van der Waals surface area (Å²) < 4.78 is 16.1. The van der Waals surface area contributed by atoms with Gasteiger partial charge in [-0.3, -0.25) is 4.79 Å². The van der Waals surface area contributed by atoms with Crippen molar-refractivity contribution in [3.8, 4) is 11.8 Å². The molecule has 1 unspecified atom stereocenters. The highest BCUT2D eigenvalue weighted by molar-refractivity contribution is 5.83. The monoisotopic (exact) mass is 397 g/mol. The topological polar surface area (TPSA) is 85.6 Å². The van der Waals surface area contributed by atoms with Gasteiger partial charge in [0, 0.05) is 6.08 Å². The molecule has 0 heterocycles. The predicted molar refractivity (Wildman–Crippen MR) is 107 cm³/mol. The van der Waals surface area contributed by atoms with Crippen LogP contribution in [0, 0.1) is 28.6 Å². The van der Waals surface area contributed by atoms with E-state index in [1.165, 1.54) is 6.08 Å². The molecule has 0 saturated heterocycles. The van der Waals surface area contributed by atoms with E-state index in [1.54, 1.807) is 51.1 Å². The summed E-state index contributed by atoms with van der Waals surface area (Å²) in [5, 5.41) is 9.36. The molecule has 2 rings (SSSR count). The molecule has 1 saturated carbocycles. The lowest BCUT2D eigenvalue weighted by Gasteiger charge is -2.17. The van der Waals surface area contributed by atoms with E-state index >= 15 is 0 Å². The smallest absolute Gasteiger partial charge is 0.330 e. The standard InChI is InChI=1S/C23H27NO5/c1-15(27-16-10-8-7-9-11-16)18(14-24)28-21(26)20-17(23(20,5)6)12-13-19(25)29-22(2,3)4/h7-13,17-18,20H,1H2,2-6H3/t17-,18?,20-/m0/s1. The van der Waals surface area contributed by atoms with Crippen molar-refractivity contribution in [1.29, 1.82) is 5.26 Å². The van der Waals surface area contributed by atoms with Crippen LogP contribution < -0.4 is 4.74 Å². The number of hydrogen-bond acceptors (Lipinski definition) is 6. The first-order chi connectivity index (χ1) is 13.5. The van der Waals surface area contributed by atoms with E-state index < -0.39 is 35.0 Å². The van der Waals surface area contributed by atoms with Crippen LogP contribution >= 0.6 is 0 Å². The first-order valence-corrected chi connectivity index (χ1v) is 9.38. The summed E-state index contributed by atoms with van der Waals surface area (Å²) in [5.74, 6) is -1.12. The van der Waals surface area contributed by atoms with Crippen molar-refractivity contribution in [1.82, 2.24) is 0 Å². The summed E-state index contributed by atoms with van der Waals surface area (Å²) in [6, 6.07) is 10.7. The van der Waals surface area contributed by atoms with E-state index in [0.29, 0.717) is 5.75 Å². The maximum atomic E-state index is 12.6. The van der Waals surface area contributed by atoms with Gasteiger partial charge in [0.25, 0.3) is 0 Å². The van der Waals surface area contributed by atoms with Crippen molar-refractivity contribution >= 4 is 11.9 Å². The normalized spacial score (nSPS) is 21.0. The fraction of sp³-hybridized carbons (Fsp3) is 0.435. The number of ether oxygens (including phenoxy) is 3. The fourth-order valence-electron chi connectivity index (χ4n) is 3.05. The number of carbonyl (C=O) groups excluding carboxylic acids is 2. The molecule has 1 aliphatic carbocycles. The van der Waals surface area contributed by atoms with Gasteiger partial charge in [0.1, 0.15) is 17.4 Å². The number of benzene rings is 1. The van der Waals surface area contributed by atoms with Crippen molar-refractivity contribution in [2.75, 3.05) is 0 Å². The molecule has 1 aromatic rings. The van der Waals surface area contributed by atoms with Gasteiger partial charge in [-0.15, -0.1) is 0 Å². The Morgan fingerprint density at radius 2 is 1.86 bits per heavy atom. The Bertz CT molecular complexity index is 842. The Morgan fingerprint density at radius 1 is 1.24 bits per heavy atom. The average molecular weight is 397 g/mol. The van der Waals surface area contributed by atoms with Crippen molar-refractivity contribution in [3.05, 3.63) is 54.8 Å². The molecule has 0 bridgehead atoms. The molecular weight excluding hydrogens is 370 g/mol. The number of esters is 2.